The minimum absolute atomic E-state index is 0.0529. The van der Waals surface area contributed by atoms with Crippen molar-refractivity contribution in [2.24, 2.45) is 0 Å². The summed E-state index contributed by atoms with van der Waals surface area (Å²) in [5, 5.41) is 8.11. The highest BCUT2D eigenvalue weighted by atomic mass is 32.1. The number of carbonyl (C=O) groups is 1. The third-order valence-electron chi connectivity index (χ3n) is 5.21. The van der Waals surface area contributed by atoms with Crippen LogP contribution in [0.5, 0.6) is 0 Å². The first-order valence-corrected chi connectivity index (χ1v) is 10.8. The molecule has 0 saturated heterocycles. The summed E-state index contributed by atoms with van der Waals surface area (Å²) in [5.74, 6) is -0.0552. The van der Waals surface area contributed by atoms with Gasteiger partial charge in [0.25, 0.3) is 5.56 Å². The van der Waals surface area contributed by atoms with E-state index < -0.39 is 0 Å². The van der Waals surface area contributed by atoms with Crippen LogP contribution >= 0.6 is 11.3 Å². The summed E-state index contributed by atoms with van der Waals surface area (Å²) in [4.78, 5) is 31.8. The lowest BCUT2D eigenvalue weighted by Gasteiger charge is -2.27. The molecule has 0 spiro atoms. The van der Waals surface area contributed by atoms with Crippen LogP contribution in [0, 0.1) is 0 Å². The highest BCUT2D eigenvalue weighted by molar-refractivity contribution is 7.20. The number of carbonyl (C=O) groups excluding carboxylic acids is 1. The van der Waals surface area contributed by atoms with E-state index in [-0.39, 0.29) is 24.1 Å². The smallest absolute Gasteiger partial charge is 0.275 e. The number of nitrogens with one attached hydrogen (secondary N) is 1. The number of hydrogen-bond acceptors (Lipinski definition) is 6. The molecular formula is C21H25N5O2S. The molecule has 1 amide bonds. The molecule has 0 fully saturated rings. The summed E-state index contributed by atoms with van der Waals surface area (Å²) in [5.41, 5.74) is 3.13. The number of rotatable bonds is 6. The van der Waals surface area contributed by atoms with Crippen molar-refractivity contribution in [2.45, 2.75) is 45.1 Å². The van der Waals surface area contributed by atoms with Gasteiger partial charge in [0.2, 0.25) is 16.0 Å². The zero-order valence-electron chi connectivity index (χ0n) is 16.7. The van der Waals surface area contributed by atoms with Crippen LogP contribution in [0.25, 0.3) is 4.96 Å². The van der Waals surface area contributed by atoms with E-state index in [9.17, 15) is 9.59 Å². The first kappa shape index (κ1) is 19.6. The molecule has 1 atom stereocenters. The Hall–Kier alpha value is -2.74. The van der Waals surface area contributed by atoms with E-state index in [0.717, 1.165) is 37.8 Å². The molecule has 2 aromatic heterocycles. The Bertz CT molecular complexity index is 1090. The maximum atomic E-state index is 12.7. The van der Waals surface area contributed by atoms with Gasteiger partial charge in [0, 0.05) is 18.8 Å². The van der Waals surface area contributed by atoms with Gasteiger partial charge in [0.05, 0.1) is 12.6 Å². The topological polar surface area (TPSA) is 79.6 Å². The lowest BCUT2D eigenvalue weighted by Crippen LogP contribution is -2.38. The van der Waals surface area contributed by atoms with Crippen molar-refractivity contribution in [2.75, 3.05) is 18.5 Å². The number of likely N-dealkylation sites (N-methyl/N-ethyl adjacent to an activating group) is 1. The Kier molecular flexibility index (Phi) is 5.62. The summed E-state index contributed by atoms with van der Waals surface area (Å²) in [6.07, 6.45) is 4.78. The number of anilines is 1. The van der Waals surface area contributed by atoms with Crippen LogP contribution in [0.3, 0.4) is 0 Å². The predicted octanol–water partition coefficient (Wildman–Crippen LogP) is 2.73. The third-order valence-corrected chi connectivity index (χ3v) is 6.23. The van der Waals surface area contributed by atoms with Gasteiger partial charge >= 0.3 is 0 Å². The number of fused-ring (bicyclic) bond motifs is 2. The molecule has 8 heteroatoms. The Balaban J connectivity index is 1.47. The summed E-state index contributed by atoms with van der Waals surface area (Å²) >= 11 is 1.32. The van der Waals surface area contributed by atoms with Crippen molar-refractivity contribution in [3.8, 4) is 0 Å². The predicted molar refractivity (Wildman–Crippen MR) is 115 cm³/mol. The Labute approximate surface area is 173 Å². The Morgan fingerprint density at radius 1 is 1.38 bits per heavy atom. The van der Waals surface area contributed by atoms with Crippen molar-refractivity contribution in [1.29, 1.82) is 0 Å². The number of hydrogen-bond donors (Lipinski definition) is 1. The molecule has 4 rings (SSSR count). The standard InChI is InChI=1S/C21H25N5O2S/c1-3-7-15-12-19(28)26-20(22-15)29-21(24-26)25(2)13-18(27)23-17-11-6-9-14-8-4-5-10-16(14)17/h4-5,8,10,12,17H,3,6-7,9,11,13H2,1-2H3,(H,23,27)/t17-/m1/s1. The fourth-order valence-electron chi connectivity index (χ4n) is 3.81. The van der Waals surface area contributed by atoms with E-state index >= 15 is 0 Å². The number of benzene rings is 1. The molecule has 0 radical (unpaired) electrons. The van der Waals surface area contributed by atoms with Crippen LogP contribution in [0.2, 0.25) is 0 Å². The lowest BCUT2D eigenvalue weighted by atomic mass is 9.88. The molecule has 0 saturated carbocycles. The minimum atomic E-state index is -0.183. The molecule has 7 nitrogen and oxygen atoms in total. The maximum Gasteiger partial charge on any atom is 0.275 e. The number of aryl methyl sites for hydroxylation is 2. The highest BCUT2D eigenvalue weighted by Gasteiger charge is 2.22. The van der Waals surface area contributed by atoms with Crippen LogP contribution in [0.15, 0.2) is 35.1 Å². The van der Waals surface area contributed by atoms with Crippen molar-refractivity contribution in [1.82, 2.24) is 19.9 Å². The summed E-state index contributed by atoms with van der Waals surface area (Å²) in [6.45, 7) is 2.23. The second kappa shape index (κ2) is 8.32. The maximum absolute atomic E-state index is 12.7. The average Bonchev–Trinajstić information content (AvgIpc) is 3.13. The van der Waals surface area contributed by atoms with E-state index in [1.807, 2.05) is 19.2 Å². The van der Waals surface area contributed by atoms with E-state index in [1.165, 1.54) is 33.0 Å². The van der Waals surface area contributed by atoms with E-state index in [1.54, 1.807) is 4.90 Å². The fourth-order valence-corrected chi connectivity index (χ4v) is 4.70. The van der Waals surface area contributed by atoms with Gasteiger partial charge in [-0.3, -0.25) is 9.59 Å². The van der Waals surface area contributed by atoms with Crippen molar-refractivity contribution < 1.29 is 4.79 Å². The van der Waals surface area contributed by atoms with E-state index in [2.05, 4.69) is 34.5 Å². The molecule has 152 valence electrons. The molecule has 0 unspecified atom stereocenters. The van der Waals surface area contributed by atoms with Gasteiger partial charge < -0.3 is 10.2 Å². The van der Waals surface area contributed by atoms with Crippen LogP contribution in [-0.4, -0.2) is 34.1 Å². The van der Waals surface area contributed by atoms with Crippen LogP contribution in [-0.2, 0) is 17.6 Å². The summed E-state index contributed by atoms with van der Waals surface area (Å²) in [6, 6.07) is 9.89. The molecule has 1 aliphatic carbocycles. The van der Waals surface area contributed by atoms with Crippen LogP contribution in [0.1, 0.15) is 49.0 Å². The fraction of sp³-hybridized carbons (Fsp3) is 0.429. The van der Waals surface area contributed by atoms with Gasteiger partial charge in [-0.05, 0) is 36.8 Å². The van der Waals surface area contributed by atoms with Gasteiger partial charge in [-0.25, -0.2) is 4.98 Å². The minimum Gasteiger partial charge on any atom is -0.348 e. The zero-order chi connectivity index (χ0) is 20.4. The van der Waals surface area contributed by atoms with Crippen molar-refractivity contribution in [3.05, 3.63) is 57.5 Å². The molecule has 0 aliphatic heterocycles. The van der Waals surface area contributed by atoms with E-state index in [4.69, 9.17) is 0 Å². The number of amides is 1. The second-order valence-electron chi connectivity index (χ2n) is 7.48. The average molecular weight is 412 g/mol. The molecule has 3 aromatic rings. The molecule has 1 aliphatic rings. The first-order chi connectivity index (χ1) is 14.0. The largest absolute Gasteiger partial charge is 0.348 e. The molecule has 1 aromatic carbocycles. The Morgan fingerprint density at radius 2 is 2.21 bits per heavy atom. The van der Waals surface area contributed by atoms with E-state index in [0.29, 0.717) is 10.1 Å². The summed E-state index contributed by atoms with van der Waals surface area (Å²) < 4.78 is 1.31. The number of aromatic nitrogens is 3. The Morgan fingerprint density at radius 3 is 3.03 bits per heavy atom. The van der Waals surface area contributed by atoms with Gasteiger partial charge in [-0.1, -0.05) is 48.9 Å². The monoisotopic (exact) mass is 411 g/mol. The molecular weight excluding hydrogens is 386 g/mol. The van der Waals surface area contributed by atoms with Gasteiger partial charge in [0.1, 0.15) is 0 Å². The van der Waals surface area contributed by atoms with Crippen LogP contribution in [0.4, 0.5) is 5.13 Å². The normalized spacial score (nSPS) is 15.9. The van der Waals surface area contributed by atoms with Crippen LogP contribution < -0.4 is 15.8 Å². The van der Waals surface area contributed by atoms with Crippen molar-refractivity contribution in [3.63, 3.8) is 0 Å². The zero-order valence-corrected chi connectivity index (χ0v) is 17.5. The first-order valence-electron chi connectivity index (χ1n) is 10.0. The molecule has 1 N–H and O–H groups in total. The van der Waals surface area contributed by atoms with Gasteiger partial charge in [-0.2, -0.15) is 4.52 Å². The number of nitrogens with zero attached hydrogens (tertiary/aromatic N) is 4. The molecule has 0 bridgehead atoms. The second-order valence-corrected chi connectivity index (χ2v) is 8.42. The van der Waals surface area contributed by atoms with Gasteiger partial charge in [-0.15, -0.1) is 5.10 Å². The van der Waals surface area contributed by atoms with Crippen molar-refractivity contribution >= 4 is 27.3 Å². The summed E-state index contributed by atoms with van der Waals surface area (Å²) in [7, 11) is 1.81. The molecule has 29 heavy (non-hydrogen) atoms. The molecule has 2 heterocycles. The lowest BCUT2D eigenvalue weighted by molar-refractivity contribution is -0.120. The highest BCUT2D eigenvalue weighted by Crippen LogP contribution is 2.29. The quantitative estimate of drug-likeness (QED) is 0.675. The van der Waals surface area contributed by atoms with Gasteiger partial charge in [0.15, 0.2) is 0 Å². The third kappa shape index (κ3) is 4.17. The SMILES string of the molecule is CCCc1cc(=O)n2nc(N(C)CC(=O)N[C@@H]3CCCc4ccccc43)sc2n1.